The quantitative estimate of drug-likeness (QED) is 0.514. The Kier molecular flexibility index (Phi) is 5.54. The molecule has 2 nitrogen and oxygen atoms in total. The van der Waals surface area contributed by atoms with Crippen LogP contribution >= 0.6 is 0 Å². The van der Waals surface area contributed by atoms with Gasteiger partial charge in [0.15, 0.2) is 5.78 Å². The van der Waals surface area contributed by atoms with E-state index in [4.69, 9.17) is 4.74 Å². The first kappa shape index (κ1) is 16.0. The monoisotopic (exact) mass is 294 g/mol. The maximum atomic E-state index is 12.0. The van der Waals surface area contributed by atoms with Gasteiger partial charge in [0.05, 0.1) is 0 Å². The molecule has 2 aromatic carbocycles. The average Bonchev–Trinajstić information content (AvgIpc) is 2.50. The van der Waals surface area contributed by atoms with Gasteiger partial charge in [-0.15, -0.1) is 0 Å². The van der Waals surface area contributed by atoms with Crippen LogP contribution < -0.4 is 4.74 Å². The van der Waals surface area contributed by atoms with Gasteiger partial charge >= 0.3 is 0 Å². The number of hydrogen-bond acceptors (Lipinski definition) is 2. The summed E-state index contributed by atoms with van der Waals surface area (Å²) in [6, 6.07) is 15.1. The van der Waals surface area contributed by atoms with Gasteiger partial charge in [-0.25, -0.2) is 0 Å². The lowest BCUT2D eigenvalue weighted by Crippen LogP contribution is -1.94. The van der Waals surface area contributed by atoms with E-state index in [1.165, 1.54) is 5.56 Å². The Bertz CT molecular complexity index is 634. The molecule has 22 heavy (non-hydrogen) atoms. The first-order chi connectivity index (χ1) is 10.5. The van der Waals surface area contributed by atoms with Crippen molar-refractivity contribution in [1.82, 2.24) is 0 Å². The molecule has 0 saturated heterocycles. The third-order valence-corrected chi connectivity index (χ3v) is 3.27. The molecule has 2 aromatic rings. The Morgan fingerprint density at radius 2 is 1.55 bits per heavy atom. The topological polar surface area (TPSA) is 26.3 Å². The van der Waals surface area contributed by atoms with Gasteiger partial charge in [0, 0.05) is 5.56 Å². The summed E-state index contributed by atoms with van der Waals surface area (Å²) in [7, 11) is 0. The van der Waals surface area contributed by atoms with E-state index in [9.17, 15) is 4.79 Å². The van der Waals surface area contributed by atoms with Crippen molar-refractivity contribution in [2.45, 2.75) is 27.2 Å². The lowest BCUT2D eigenvalue weighted by Gasteiger charge is -2.06. The Hall–Kier alpha value is -2.35. The Morgan fingerprint density at radius 1 is 1.00 bits per heavy atom. The highest BCUT2D eigenvalue weighted by Crippen LogP contribution is 2.22. The summed E-state index contributed by atoms with van der Waals surface area (Å²) in [6.45, 7) is 6.30. The third kappa shape index (κ3) is 4.88. The van der Waals surface area contributed by atoms with Crippen molar-refractivity contribution in [2.75, 3.05) is 0 Å². The highest BCUT2D eigenvalue weighted by Gasteiger charge is 2.03. The molecule has 0 heterocycles. The van der Waals surface area contributed by atoms with E-state index in [-0.39, 0.29) is 5.78 Å². The van der Waals surface area contributed by atoms with Crippen molar-refractivity contribution in [1.29, 1.82) is 0 Å². The molecule has 0 bridgehead atoms. The zero-order valence-corrected chi connectivity index (χ0v) is 13.4. The van der Waals surface area contributed by atoms with E-state index in [1.807, 2.05) is 49.4 Å². The number of rotatable bonds is 6. The molecule has 0 aliphatic rings. The summed E-state index contributed by atoms with van der Waals surface area (Å²) in [5, 5.41) is 0. The van der Waals surface area contributed by atoms with E-state index in [0.29, 0.717) is 11.5 Å². The molecular weight excluding hydrogens is 272 g/mol. The largest absolute Gasteiger partial charge is 0.457 e. The fourth-order valence-electron chi connectivity index (χ4n) is 1.97. The first-order valence-electron chi connectivity index (χ1n) is 7.60. The number of carbonyl (C=O) groups is 1. The summed E-state index contributed by atoms with van der Waals surface area (Å²) in [6.07, 6.45) is 4.50. The maximum Gasteiger partial charge on any atom is 0.185 e. The van der Waals surface area contributed by atoms with Gasteiger partial charge in [0.25, 0.3) is 0 Å². The van der Waals surface area contributed by atoms with Gasteiger partial charge in [0.2, 0.25) is 0 Å². The van der Waals surface area contributed by atoms with Crippen molar-refractivity contribution in [3.8, 4) is 11.5 Å². The zero-order valence-electron chi connectivity index (χ0n) is 13.4. The third-order valence-electron chi connectivity index (χ3n) is 3.27. The number of hydrogen-bond donors (Lipinski definition) is 0. The van der Waals surface area contributed by atoms with Crippen LogP contribution in [0.5, 0.6) is 11.5 Å². The molecule has 0 N–H and O–H groups in total. The van der Waals surface area contributed by atoms with Gasteiger partial charge in [-0.05, 0) is 61.7 Å². The SMILES string of the molecule is Cc1ccc(Oc2ccc(C(=O)/C=C/CC(C)C)cc2)cc1. The highest BCUT2D eigenvalue weighted by molar-refractivity contribution is 6.04. The van der Waals surface area contributed by atoms with Crippen LogP contribution in [0, 0.1) is 12.8 Å². The normalized spacial score (nSPS) is 11.1. The Labute approximate surface area is 132 Å². The van der Waals surface area contributed by atoms with Crippen LogP contribution in [-0.2, 0) is 0 Å². The standard InChI is InChI=1S/C20H22O2/c1-15(2)5-4-6-20(21)17-9-13-19(14-10-17)22-18-11-7-16(3)8-12-18/h4,6-15H,5H2,1-3H3/b6-4+. The molecule has 0 amide bonds. The predicted octanol–water partition coefficient (Wildman–Crippen LogP) is 5.57. The minimum atomic E-state index is 0.0301. The molecule has 0 saturated carbocycles. The first-order valence-corrected chi connectivity index (χ1v) is 7.60. The van der Waals surface area contributed by atoms with Crippen molar-refractivity contribution >= 4 is 5.78 Å². The number of allylic oxidation sites excluding steroid dienone is 2. The number of ketones is 1. The van der Waals surface area contributed by atoms with E-state index < -0.39 is 0 Å². The second-order valence-electron chi connectivity index (χ2n) is 5.84. The van der Waals surface area contributed by atoms with Crippen LogP contribution in [0.3, 0.4) is 0 Å². The minimum Gasteiger partial charge on any atom is -0.457 e. The van der Waals surface area contributed by atoms with Crippen LogP contribution in [0.4, 0.5) is 0 Å². The van der Waals surface area contributed by atoms with Gasteiger partial charge in [0.1, 0.15) is 11.5 Å². The van der Waals surface area contributed by atoms with Crippen molar-refractivity contribution in [3.05, 3.63) is 71.8 Å². The van der Waals surface area contributed by atoms with E-state index in [0.717, 1.165) is 17.9 Å². The summed E-state index contributed by atoms with van der Waals surface area (Å²) in [5.41, 5.74) is 1.87. The van der Waals surface area contributed by atoms with Crippen LogP contribution in [0.25, 0.3) is 0 Å². The van der Waals surface area contributed by atoms with E-state index >= 15 is 0 Å². The fourth-order valence-corrected chi connectivity index (χ4v) is 1.97. The number of carbonyl (C=O) groups excluding carboxylic acids is 1. The lowest BCUT2D eigenvalue weighted by atomic mass is 10.1. The number of aryl methyl sites for hydroxylation is 1. The number of benzene rings is 2. The number of ether oxygens (including phenoxy) is 1. The van der Waals surface area contributed by atoms with Crippen molar-refractivity contribution in [2.24, 2.45) is 5.92 Å². The smallest absolute Gasteiger partial charge is 0.185 e. The van der Waals surface area contributed by atoms with Crippen LogP contribution in [0.1, 0.15) is 36.2 Å². The Balaban J connectivity index is 1.99. The predicted molar refractivity (Wildman–Crippen MR) is 90.6 cm³/mol. The molecule has 114 valence electrons. The molecule has 0 radical (unpaired) electrons. The molecule has 0 unspecified atom stereocenters. The van der Waals surface area contributed by atoms with Crippen molar-refractivity contribution < 1.29 is 9.53 Å². The molecule has 0 aromatic heterocycles. The summed E-state index contributed by atoms with van der Waals surface area (Å²) in [5.74, 6) is 2.12. The molecule has 0 spiro atoms. The molecule has 2 heteroatoms. The summed E-state index contributed by atoms with van der Waals surface area (Å²) >= 11 is 0. The van der Waals surface area contributed by atoms with Crippen LogP contribution in [-0.4, -0.2) is 5.78 Å². The van der Waals surface area contributed by atoms with Crippen LogP contribution in [0.2, 0.25) is 0 Å². The van der Waals surface area contributed by atoms with Gasteiger partial charge in [-0.1, -0.05) is 37.6 Å². The van der Waals surface area contributed by atoms with Gasteiger partial charge in [-0.2, -0.15) is 0 Å². The Morgan fingerprint density at radius 3 is 2.09 bits per heavy atom. The van der Waals surface area contributed by atoms with Gasteiger partial charge < -0.3 is 4.74 Å². The molecule has 2 rings (SSSR count). The highest BCUT2D eigenvalue weighted by atomic mass is 16.5. The molecule has 0 atom stereocenters. The molecule has 0 aliphatic heterocycles. The molecule has 0 aliphatic carbocycles. The summed E-state index contributed by atoms with van der Waals surface area (Å²) in [4.78, 5) is 12.0. The second-order valence-corrected chi connectivity index (χ2v) is 5.84. The second kappa shape index (κ2) is 7.60. The molecular formula is C20H22O2. The van der Waals surface area contributed by atoms with Gasteiger partial charge in [-0.3, -0.25) is 4.79 Å². The summed E-state index contributed by atoms with van der Waals surface area (Å²) < 4.78 is 5.75. The van der Waals surface area contributed by atoms with E-state index in [1.54, 1.807) is 18.2 Å². The zero-order chi connectivity index (χ0) is 15.9. The van der Waals surface area contributed by atoms with Crippen LogP contribution in [0.15, 0.2) is 60.7 Å². The lowest BCUT2D eigenvalue weighted by molar-refractivity contribution is 0.104. The average molecular weight is 294 g/mol. The molecule has 0 fully saturated rings. The maximum absolute atomic E-state index is 12.0. The van der Waals surface area contributed by atoms with Crippen molar-refractivity contribution in [3.63, 3.8) is 0 Å². The fraction of sp³-hybridized carbons (Fsp3) is 0.250. The van der Waals surface area contributed by atoms with E-state index in [2.05, 4.69) is 13.8 Å². The minimum absolute atomic E-state index is 0.0301.